The largest absolute Gasteiger partial charge is 0.379 e. The molecule has 0 N–H and O–H groups in total. The van der Waals surface area contributed by atoms with Gasteiger partial charge in [-0.15, -0.1) is 11.6 Å². The molecule has 2 aliphatic rings. The predicted molar refractivity (Wildman–Crippen MR) is 63.3 cm³/mol. The highest BCUT2D eigenvalue weighted by Gasteiger charge is 2.37. The number of rotatable bonds is 3. The van der Waals surface area contributed by atoms with Gasteiger partial charge in [-0.25, -0.2) is 0 Å². The van der Waals surface area contributed by atoms with Crippen LogP contribution in [0.5, 0.6) is 0 Å². The summed E-state index contributed by atoms with van der Waals surface area (Å²) in [6, 6.07) is -0.265. The van der Waals surface area contributed by atoms with Gasteiger partial charge in [0.05, 0.1) is 32.5 Å². The minimum absolute atomic E-state index is 0.254. The fourth-order valence-electron chi connectivity index (χ4n) is 1.99. The van der Waals surface area contributed by atoms with Crippen molar-refractivity contribution in [3.05, 3.63) is 0 Å². The van der Waals surface area contributed by atoms with Gasteiger partial charge >= 0.3 is 0 Å². The van der Waals surface area contributed by atoms with Crippen molar-refractivity contribution < 1.29 is 17.9 Å². The topological polar surface area (TPSA) is 59.1 Å². The van der Waals surface area contributed by atoms with Crippen LogP contribution in [-0.4, -0.2) is 75.0 Å². The van der Waals surface area contributed by atoms with E-state index in [4.69, 9.17) is 21.1 Å². The lowest BCUT2D eigenvalue weighted by Crippen LogP contribution is -2.56. The standard InChI is InChI=1S/C9H17ClN2O4S/c10-7-9-8-16-6-3-12(9)17(13,14)11-1-4-15-5-2-11/h9H,1-8H2. The van der Waals surface area contributed by atoms with Gasteiger partial charge in [0.1, 0.15) is 0 Å². The number of hydrogen-bond donors (Lipinski definition) is 0. The number of morpholine rings is 2. The molecule has 2 heterocycles. The van der Waals surface area contributed by atoms with E-state index in [2.05, 4.69) is 0 Å². The summed E-state index contributed by atoms with van der Waals surface area (Å²) in [6.07, 6.45) is 0. The van der Waals surface area contributed by atoms with Crippen molar-refractivity contribution in [2.45, 2.75) is 6.04 Å². The van der Waals surface area contributed by atoms with Gasteiger partial charge in [0.15, 0.2) is 0 Å². The highest BCUT2D eigenvalue weighted by Crippen LogP contribution is 2.18. The smallest absolute Gasteiger partial charge is 0.282 e. The molecule has 100 valence electrons. The van der Waals surface area contributed by atoms with Gasteiger partial charge in [-0.05, 0) is 0 Å². The zero-order chi connectivity index (χ0) is 12.3. The molecule has 6 nitrogen and oxygen atoms in total. The molecule has 17 heavy (non-hydrogen) atoms. The molecule has 0 bridgehead atoms. The number of ether oxygens (including phenoxy) is 2. The van der Waals surface area contributed by atoms with Gasteiger partial charge < -0.3 is 9.47 Å². The van der Waals surface area contributed by atoms with Crippen molar-refractivity contribution >= 4 is 21.8 Å². The van der Waals surface area contributed by atoms with Gasteiger partial charge in [0, 0.05) is 25.5 Å². The van der Waals surface area contributed by atoms with E-state index >= 15 is 0 Å². The Labute approximate surface area is 107 Å². The zero-order valence-corrected chi connectivity index (χ0v) is 11.1. The van der Waals surface area contributed by atoms with Crippen LogP contribution in [0.4, 0.5) is 0 Å². The summed E-state index contributed by atoms with van der Waals surface area (Å²) in [5.74, 6) is 0.254. The minimum Gasteiger partial charge on any atom is -0.379 e. The van der Waals surface area contributed by atoms with Gasteiger partial charge in [0.25, 0.3) is 10.2 Å². The van der Waals surface area contributed by atoms with Crippen LogP contribution in [-0.2, 0) is 19.7 Å². The summed E-state index contributed by atoms with van der Waals surface area (Å²) in [7, 11) is -3.42. The van der Waals surface area contributed by atoms with E-state index < -0.39 is 10.2 Å². The molecule has 0 saturated carbocycles. The molecular weight excluding hydrogens is 268 g/mol. The molecule has 8 heteroatoms. The summed E-state index contributed by atoms with van der Waals surface area (Å²) in [4.78, 5) is 0. The van der Waals surface area contributed by atoms with E-state index in [1.54, 1.807) is 0 Å². The molecule has 0 aromatic heterocycles. The molecule has 2 rings (SSSR count). The van der Waals surface area contributed by atoms with Gasteiger partial charge in [-0.1, -0.05) is 0 Å². The van der Waals surface area contributed by atoms with Crippen molar-refractivity contribution in [3.8, 4) is 0 Å². The Kier molecular flexibility index (Phi) is 4.62. The summed E-state index contributed by atoms with van der Waals surface area (Å²) in [5, 5.41) is 0. The Balaban J connectivity index is 2.11. The molecular formula is C9H17ClN2O4S. The first-order valence-corrected chi connectivity index (χ1v) is 7.58. The van der Waals surface area contributed by atoms with Crippen LogP contribution in [0.25, 0.3) is 0 Å². The van der Waals surface area contributed by atoms with Crippen molar-refractivity contribution in [1.82, 2.24) is 8.61 Å². The SMILES string of the molecule is O=S(=O)(N1CCOCC1)N1CCOCC1CCl. The van der Waals surface area contributed by atoms with Crippen molar-refractivity contribution in [1.29, 1.82) is 0 Å². The molecule has 0 aromatic carbocycles. The minimum atomic E-state index is -3.42. The normalized spacial score (nSPS) is 29.4. The van der Waals surface area contributed by atoms with Crippen LogP contribution in [0, 0.1) is 0 Å². The Morgan fingerprint density at radius 1 is 1.12 bits per heavy atom. The van der Waals surface area contributed by atoms with Crippen LogP contribution in [0.3, 0.4) is 0 Å². The van der Waals surface area contributed by atoms with E-state index in [1.807, 2.05) is 0 Å². The zero-order valence-electron chi connectivity index (χ0n) is 9.55. The first kappa shape index (κ1) is 13.5. The summed E-state index contributed by atoms with van der Waals surface area (Å²) in [5.41, 5.74) is 0. The maximum absolute atomic E-state index is 12.4. The second-order valence-corrected chi connectivity index (χ2v) is 6.20. The highest BCUT2D eigenvalue weighted by atomic mass is 35.5. The second kappa shape index (κ2) is 5.81. The first-order chi connectivity index (χ1) is 8.16. The van der Waals surface area contributed by atoms with Crippen molar-refractivity contribution in [3.63, 3.8) is 0 Å². The third kappa shape index (κ3) is 2.91. The molecule has 0 aliphatic carbocycles. The Morgan fingerprint density at radius 3 is 2.41 bits per heavy atom. The monoisotopic (exact) mass is 284 g/mol. The third-order valence-electron chi connectivity index (χ3n) is 2.94. The van der Waals surface area contributed by atoms with Crippen LogP contribution >= 0.6 is 11.6 Å². The molecule has 0 amide bonds. The van der Waals surface area contributed by atoms with Crippen LogP contribution in [0.15, 0.2) is 0 Å². The number of halogens is 1. The van der Waals surface area contributed by atoms with Gasteiger partial charge in [-0.3, -0.25) is 0 Å². The Morgan fingerprint density at radius 2 is 1.76 bits per heavy atom. The van der Waals surface area contributed by atoms with E-state index in [0.29, 0.717) is 46.1 Å². The van der Waals surface area contributed by atoms with Gasteiger partial charge in [-0.2, -0.15) is 17.0 Å². The first-order valence-electron chi connectivity index (χ1n) is 5.64. The van der Waals surface area contributed by atoms with Crippen LogP contribution in [0.2, 0.25) is 0 Å². The lowest BCUT2D eigenvalue weighted by atomic mass is 10.3. The van der Waals surface area contributed by atoms with Crippen LogP contribution in [0.1, 0.15) is 0 Å². The molecule has 0 spiro atoms. The predicted octanol–water partition coefficient (Wildman–Crippen LogP) is -0.497. The molecule has 2 fully saturated rings. The summed E-state index contributed by atoms with van der Waals surface area (Å²) in [6.45, 7) is 2.90. The summed E-state index contributed by atoms with van der Waals surface area (Å²) < 4.78 is 38.1. The lowest BCUT2D eigenvalue weighted by Gasteiger charge is -2.38. The molecule has 0 radical (unpaired) electrons. The highest BCUT2D eigenvalue weighted by molar-refractivity contribution is 7.86. The van der Waals surface area contributed by atoms with Crippen molar-refractivity contribution in [2.24, 2.45) is 0 Å². The quantitative estimate of drug-likeness (QED) is 0.656. The Hall–Kier alpha value is 0.0800. The molecule has 2 aliphatic heterocycles. The molecule has 1 atom stereocenters. The second-order valence-electron chi connectivity index (χ2n) is 4.01. The van der Waals surface area contributed by atoms with E-state index in [-0.39, 0.29) is 11.9 Å². The van der Waals surface area contributed by atoms with Crippen LogP contribution < -0.4 is 0 Å². The fraction of sp³-hybridized carbons (Fsp3) is 1.00. The summed E-state index contributed by atoms with van der Waals surface area (Å²) >= 11 is 5.79. The fourth-order valence-corrected chi connectivity index (χ4v) is 4.05. The Bertz CT molecular complexity index is 345. The lowest BCUT2D eigenvalue weighted by molar-refractivity contribution is 0.0311. The maximum atomic E-state index is 12.4. The molecule has 2 saturated heterocycles. The van der Waals surface area contributed by atoms with E-state index in [0.717, 1.165) is 0 Å². The van der Waals surface area contributed by atoms with E-state index in [1.165, 1.54) is 8.61 Å². The van der Waals surface area contributed by atoms with Crippen molar-refractivity contribution in [2.75, 3.05) is 51.9 Å². The maximum Gasteiger partial charge on any atom is 0.282 e. The average molecular weight is 285 g/mol. The van der Waals surface area contributed by atoms with E-state index in [9.17, 15) is 8.42 Å². The average Bonchev–Trinajstić information content (AvgIpc) is 2.39. The molecule has 0 aromatic rings. The molecule has 1 unspecified atom stereocenters. The number of hydrogen-bond acceptors (Lipinski definition) is 4. The van der Waals surface area contributed by atoms with Gasteiger partial charge in [0.2, 0.25) is 0 Å². The number of alkyl halides is 1. The third-order valence-corrected chi connectivity index (χ3v) is 5.39. The number of nitrogens with zero attached hydrogens (tertiary/aromatic N) is 2.